The van der Waals surface area contributed by atoms with Gasteiger partial charge in [0.1, 0.15) is 23.2 Å². The van der Waals surface area contributed by atoms with E-state index < -0.39 is 0 Å². The van der Waals surface area contributed by atoms with Crippen molar-refractivity contribution in [2.24, 2.45) is 0 Å². The normalized spacial score (nSPS) is 10.8. The molecule has 9 heteroatoms. The zero-order chi connectivity index (χ0) is 22.3. The second kappa shape index (κ2) is 9.78. The SMILES string of the molecule is COc1cccc(OCC(=O)NCCn2ncc3c(=O)n(Cc4ccccc4)cnc32)c1. The maximum absolute atomic E-state index is 12.8. The lowest BCUT2D eigenvalue weighted by atomic mass is 10.2. The molecule has 0 saturated heterocycles. The monoisotopic (exact) mass is 433 g/mol. The molecule has 164 valence electrons. The number of carbonyl (C=O) groups is 1. The smallest absolute Gasteiger partial charge is 0.264 e. The third-order valence-corrected chi connectivity index (χ3v) is 4.87. The van der Waals surface area contributed by atoms with Gasteiger partial charge in [-0.1, -0.05) is 36.4 Å². The van der Waals surface area contributed by atoms with Gasteiger partial charge in [0.25, 0.3) is 11.5 Å². The van der Waals surface area contributed by atoms with Crippen LogP contribution < -0.4 is 20.3 Å². The lowest BCUT2D eigenvalue weighted by Gasteiger charge is -2.09. The number of rotatable bonds is 9. The standard InChI is InChI=1S/C23H23N5O4/c1-31-18-8-5-9-19(12-18)32-15-21(29)24-10-11-28-22-20(13-26-28)23(30)27(16-25-22)14-17-6-3-2-4-7-17/h2-9,12-13,16H,10-11,14-15H2,1H3,(H,24,29). The molecule has 0 unspecified atom stereocenters. The highest BCUT2D eigenvalue weighted by Crippen LogP contribution is 2.18. The average Bonchev–Trinajstić information content (AvgIpc) is 3.24. The van der Waals surface area contributed by atoms with Crippen LogP contribution in [0, 0.1) is 0 Å². The molecule has 2 heterocycles. The second-order valence-corrected chi connectivity index (χ2v) is 7.09. The number of nitrogens with zero attached hydrogens (tertiary/aromatic N) is 4. The van der Waals surface area contributed by atoms with Gasteiger partial charge in [0.15, 0.2) is 12.3 Å². The Morgan fingerprint density at radius 3 is 2.72 bits per heavy atom. The molecule has 4 rings (SSSR count). The fourth-order valence-electron chi connectivity index (χ4n) is 3.25. The van der Waals surface area contributed by atoms with Crippen LogP contribution in [0.3, 0.4) is 0 Å². The van der Waals surface area contributed by atoms with Crippen LogP contribution in [0.25, 0.3) is 11.0 Å². The Morgan fingerprint density at radius 1 is 1.09 bits per heavy atom. The number of methoxy groups -OCH3 is 1. The van der Waals surface area contributed by atoms with Gasteiger partial charge in [-0.15, -0.1) is 0 Å². The Balaban J connectivity index is 1.33. The lowest BCUT2D eigenvalue weighted by molar-refractivity contribution is -0.123. The zero-order valence-corrected chi connectivity index (χ0v) is 17.6. The van der Waals surface area contributed by atoms with Crippen LogP contribution in [-0.4, -0.2) is 45.5 Å². The van der Waals surface area contributed by atoms with E-state index in [2.05, 4.69) is 15.4 Å². The number of benzene rings is 2. The molecular formula is C23H23N5O4. The van der Waals surface area contributed by atoms with Gasteiger partial charge < -0.3 is 14.8 Å². The fourth-order valence-corrected chi connectivity index (χ4v) is 3.25. The number of aromatic nitrogens is 4. The number of nitrogens with one attached hydrogen (secondary N) is 1. The van der Waals surface area contributed by atoms with Crippen molar-refractivity contribution in [1.82, 2.24) is 24.6 Å². The van der Waals surface area contributed by atoms with Crippen molar-refractivity contribution in [1.29, 1.82) is 0 Å². The summed E-state index contributed by atoms with van der Waals surface area (Å²) in [5.41, 5.74) is 1.35. The third kappa shape index (κ3) is 4.94. The molecule has 0 radical (unpaired) electrons. The number of hydrogen-bond donors (Lipinski definition) is 1. The van der Waals surface area contributed by atoms with Gasteiger partial charge in [0.05, 0.1) is 26.4 Å². The zero-order valence-electron chi connectivity index (χ0n) is 17.6. The molecule has 1 amide bonds. The highest BCUT2D eigenvalue weighted by molar-refractivity contribution is 5.77. The highest BCUT2D eigenvalue weighted by atomic mass is 16.5. The van der Waals surface area contributed by atoms with Crippen molar-refractivity contribution >= 4 is 16.9 Å². The number of ether oxygens (including phenoxy) is 2. The Hall–Kier alpha value is -4.14. The van der Waals surface area contributed by atoms with E-state index in [1.807, 2.05) is 30.3 Å². The van der Waals surface area contributed by atoms with Gasteiger partial charge in [0, 0.05) is 12.6 Å². The highest BCUT2D eigenvalue weighted by Gasteiger charge is 2.11. The number of carbonyl (C=O) groups excluding carboxylic acids is 1. The summed E-state index contributed by atoms with van der Waals surface area (Å²) in [6.45, 7) is 1.03. The quantitative estimate of drug-likeness (QED) is 0.432. The van der Waals surface area contributed by atoms with Gasteiger partial charge in [-0.3, -0.25) is 14.2 Å². The summed E-state index contributed by atoms with van der Waals surface area (Å²) in [6.07, 6.45) is 3.04. The van der Waals surface area contributed by atoms with Crippen LogP contribution in [0.15, 0.2) is 71.9 Å². The van der Waals surface area contributed by atoms with Crippen LogP contribution in [0.4, 0.5) is 0 Å². The van der Waals surface area contributed by atoms with Crippen LogP contribution in [0.2, 0.25) is 0 Å². The first-order chi connectivity index (χ1) is 15.6. The molecule has 0 fully saturated rings. The molecule has 0 spiro atoms. The van der Waals surface area contributed by atoms with Crippen LogP contribution in [-0.2, 0) is 17.9 Å². The minimum Gasteiger partial charge on any atom is -0.497 e. The molecule has 0 atom stereocenters. The molecule has 0 saturated carbocycles. The Labute approximate surface area is 184 Å². The summed E-state index contributed by atoms with van der Waals surface area (Å²) in [5.74, 6) is 0.944. The number of fused-ring (bicyclic) bond motifs is 1. The molecular weight excluding hydrogens is 410 g/mol. The third-order valence-electron chi connectivity index (χ3n) is 4.87. The van der Waals surface area contributed by atoms with Crippen molar-refractivity contribution in [2.75, 3.05) is 20.3 Å². The van der Waals surface area contributed by atoms with Crippen LogP contribution >= 0.6 is 0 Å². The van der Waals surface area contributed by atoms with E-state index in [0.717, 1.165) is 5.56 Å². The minimum absolute atomic E-state index is 0.116. The molecule has 2 aromatic carbocycles. The fraction of sp³-hybridized carbons (Fsp3) is 0.217. The Morgan fingerprint density at radius 2 is 1.91 bits per heavy atom. The van der Waals surface area contributed by atoms with E-state index >= 15 is 0 Å². The van der Waals surface area contributed by atoms with Gasteiger partial charge >= 0.3 is 0 Å². The molecule has 9 nitrogen and oxygen atoms in total. The summed E-state index contributed by atoms with van der Waals surface area (Å²) in [7, 11) is 1.57. The van der Waals surface area contributed by atoms with Crippen molar-refractivity contribution in [2.45, 2.75) is 13.1 Å². The first kappa shape index (κ1) is 21.1. The summed E-state index contributed by atoms with van der Waals surface area (Å²) in [4.78, 5) is 29.2. The predicted molar refractivity (Wildman–Crippen MR) is 119 cm³/mol. The topological polar surface area (TPSA) is 100 Å². The van der Waals surface area contributed by atoms with E-state index in [0.29, 0.717) is 42.2 Å². The van der Waals surface area contributed by atoms with Crippen molar-refractivity contribution in [3.63, 3.8) is 0 Å². The van der Waals surface area contributed by atoms with E-state index in [4.69, 9.17) is 9.47 Å². The molecule has 32 heavy (non-hydrogen) atoms. The van der Waals surface area contributed by atoms with E-state index in [-0.39, 0.29) is 18.1 Å². The summed E-state index contributed by atoms with van der Waals surface area (Å²) in [5, 5.41) is 7.48. The van der Waals surface area contributed by atoms with E-state index in [1.165, 1.54) is 12.5 Å². The first-order valence-corrected chi connectivity index (χ1v) is 10.1. The Bertz CT molecular complexity index is 1270. The molecule has 1 N–H and O–H groups in total. The van der Waals surface area contributed by atoms with Crippen molar-refractivity contribution in [3.8, 4) is 11.5 Å². The average molecular weight is 433 g/mol. The summed E-state index contributed by atoms with van der Waals surface area (Å²) in [6, 6.07) is 16.8. The molecule has 2 aromatic heterocycles. The Kier molecular flexibility index (Phi) is 6.45. The molecule has 0 bridgehead atoms. The molecule has 0 aliphatic heterocycles. The van der Waals surface area contributed by atoms with Gasteiger partial charge in [-0.05, 0) is 17.7 Å². The van der Waals surface area contributed by atoms with E-state index in [9.17, 15) is 9.59 Å². The lowest BCUT2D eigenvalue weighted by Crippen LogP contribution is -2.31. The van der Waals surface area contributed by atoms with Crippen LogP contribution in [0.5, 0.6) is 11.5 Å². The molecule has 0 aliphatic rings. The minimum atomic E-state index is -0.262. The van der Waals surface area contributed by atoms with Gasteiger partial charge in [-0.25, -0.2) is 9.67 Å². The number of hydrogen-bond acceptors (Lipinski definition) is 6. The van der Waals surface area contributed by atoms with E-state index in [1.54, 1.807) is 40.6 Å². The van der Waals surface area contributed by atoms with Crippen LogP contribution in [0.1, 0.15) is 5.56 Å². The predicted octanol–water partition coefficient (Wildman–Crippen LogP) is 1.85. The summed E-state index contributed by atoms with van der Waals surface area (Å²) >= 11 is 0. The maximum atomic E-state index is 12.8. The molecule has 4 aromatic rings. The van der Waals surface area contributed by atoms with Crippen molar-refractivity contribution in [3.05, 3.63) is 83.0 Å². The maximum Gasteiger partial charge on any atom is 0.264 e. The first-order valence-electron chi connectivity index (χ1n) is 10.1. The second-order valence-electron chi connectivity index (χ2n) is 7.09. The van der Waals surface area contributed by atoms with Gasteiger partial charge in [-0.2, -0.15) is 5.10 Å². The summed E-state index contributed by atoms with van der Waals surface area (Å²) < 4.78 is 13.8. The van der Waals surface area contributed by atoms with Gasteiger partial charge in [0.2, 0.25) is 0 Å². The largest absolute Gasteiger partial charge is 0.497 e. The number of amides is 1. The van der Waals surface area contributed by atoms with Crippen molar-refractivity contribution < 1.29 is 14.3 Å². The molecule has 0 aliphatic carbocycles.